The van der Waals surface area contributed by atoms with Crippen molar-refractivity contribution < 1.29 is 80.2 Å². The van der Waals surface area contributed by atoms with Crippen molar-refractivity contribution in [1.29, 1.82) is 0 Å². The summed E-state index contributed by atoms with van der Waals surface area (Å²) >= 11 is 0. The molecule has 0 spiro atoms. The third-order valence-electron chi connectivity index (χ3n) is 15.2. The number of carbonyl (C=O) groups is 4. The topological polar surface area (TPSA) is 237 Å². The predicted molar refractivity (Wildman–Crippen MR) is 435 cm³/mol. The molecule has 0 bridgehead atoms. The highest BCUT2D eigenvalue weighted by Gasteiger charge is 2.30. The van der Waals surface area contributed by atoms with Crippen LogP contribution < -0.4 is 0 Å². The maximum Gasteiger partial charge on any atom is 0.472 e. The minimum Gasteiger partial charge on any atom is -0.462 e. The SMILES string of the molecule is CC/C=C\C/C=C\C/C=C\C/C=C\C/C=C\CCCC(=O)OC(COC(=O)CCCCCCCC/C=C\C/C=C\C/C=C\C/C=C\CC)COP(=O)(O)OCC(O)COP(=O)(O)OCC(COC(=O)CCCC/C=C\C/C=C\C/C=C\C/C=C\CC)OC(=O)CCCC/C=C\C/C=C\C/C=C\C/C=C\CC. The first kappa shape index (κ1) is 99.6. The van der Waals surface area contributed by atoms with Crippen LogP contribution in [0.5, 0.6) is 0 Å². The number of phosphoric ester groups is 2. The highest BCUT2D eigenvalue weighted by atomic mass is 31.2. The van der Waals surface area contributed by atoms with Gasteiger partial charge < -0.3 is 33.8 Å². The molecular formula is C87H136O17P2. The van der Waals surface area contributed by atoms with Gasteiger partial charge in [0.05, 0.1) is 26.4 Å². The molecule has 596 valence electrons. The number of allylic oxidation sites excluding steroid dienone is 34. The van der Waals surface area contributed by atoms with Crippen LogP contribution in [0.2, 0.25) is 0 Å². The molecule has 3 N–H and O–H groups in total. The second-order valence-electron chi connectivity index (χ2n) is 25.1. The minimum absolute atomic E-state index is 0.00217. The summed E-state index contributed by atoms with van der Waals surface area (Å²) in [6.45, 7) is 4.20. The summed E-state index contributed by atoms with van der Waals surface area (Å²) < 4.78 is 68.4. The van der Waals surface area contributed by atoms with Crippen LogP contribution >= 0.6 is 15.6 Å². The van der Waals surface area contributed by atoms with Crippen LogP contribution in [0.1, 0.15) is 259 Å². The van der Waals surface area contributed by atoms with Crippen molar-refractivity contribution >= 4 is 39.5 Å². The van der Waals surface area contributed by atoms with Crippen molar-refractivity contribution in [1.82, 2.24) is 0 Å². The summed E-state index contributed by atoms with van der Waals surface area (Å²) in [5.41, 5.74) is 0. The number of aliphatic hydroxyl groups is 1. The zero-order chi connectivity index (χ0) is 77.4. The maximum atomic E-state index is 13.1. The van der Waals surface area contributed by atoms with E-state index in [9.17, 15) is 43.2 Å². The third kappa shape index (κ3) is 75.9. The fraction of sp³-hybridized carbons (Fsp3) is 0.563. The Morgan fingerprint density at radius 3 is 0.764 bits per heavy atom. The van der Waals surface area contributed by atoms with Crippen LogP contribution in [-0.4, -0.2) is 96.7 Å². The normalized spacial score (nSPS) is 15.0. The Hall–Kier alpha value is -6.36. The lowest BCUT2D eigenvalue weighted by Gasteiger charge is -2.21. The molecule has 0 aromatic carbocycles. The fourth-order valence-corrected chi connectivity index (χ4v) is 11.0. The van der Waals surface area contributed by atoms with Crippen molar-refractivity contribution in [3.63, 3.8) is 0 Å². The Balaban J connectivity index is 5.53. The van der Waals surface area contributed by atoms with Gasteiger partial charge in [0.1, 0.15) is 19.3 Å². The van der Waals surface area contributed by atoms with Crippen molar-refractivity contribution in [2.45, 2.75) is 277 Å². The van der Waals surface area contributed by atoms with Gasteiger partial charge in [-0.05, 0) is 180 Å². The molecule has 19 heteroatoms. The molecule has 5 unspecified atom stereocenters. The molecule has 0 saturated carbocycles. The van der Waals surface area contributed by atoms with Crippen LogP contribution in [0.4, 0.5) is 0 Å². The Morgan fingerprint density at radius 2 is 0.472 bits per heavy atom. The summed E-state index contributed by atoms with van der Waals surface area (Å²) in [4.78, 5) is 73.0. The van der Waals surface area contributed by atoms with Crippen LogP contribution in [0.25, 0.3) is 0 Å². The molecule has 0 heterocycles. The van der Waals surface area contributed by atoms with E-state index >= 15 is 0 Å². The molecule has 0 aliphatic carbocycles. The van der Waals surface area contributed by atoms with Gasteiger partial charge in [-0.15, -0.1) is 0 Å². The second-order valence-corrected chi connectivity index (χ2v) is 28.0. The van der Waals surface area contributed by atoms with E-state index in [0.717, 1.165) is 167 Å². The quantitative estimate of drug-likeness (QED) is 0.0169. The van der Waals surface area contributed by atoms with Crippen LogP contribution in [0, 0.1) is 0 Å². The summed E-state index contributed by atoms with van der Waals surface area (Å²) in [5.74, 6) is -2.38. The number of aliphatic hydroxyl groups excluding tert-OH is 1. The average molecular weight is 1520 g/mol. The predicted octanol–water partition coefficient (Wildman–Crippen LogP) is 23.1. The van der Waals surface area contributed by atoms with E-state index in [2.05, 4.69) is 216 Å². The number of unbranched alkanes of at least 4 members (excludes halogenated alkanes) is 11. The van der Waals surface area contributed by atoms with Crippen molar-refractivity contribution in [2.24, 2.45) is 0 Å². The molecule has 0 aromatic heterocycles. The number of rotatable bonds is 71. The molecule has 0 aromatic rings. The lowest BCUT2D eigenvalue weighted by molar-refractivity contribution is -0.161. The minimum atomic E-state index is -5.02. The molecule has 106 heavy (non-hydrogen) atoms. The van der Waals surface area contributed by atoms with Gasteiger partial charge in [-0.1, -0.05) is 260 Å². The van der Waals surface area contributed by atoms with E-state index in [1.807, 2.05) is 18.2 Å². The molecule has 0 fully saturated rings. The molecule has 0 amide bonds. The number of carbonyl (C=O) groups excluding carboxylic acids is 4. The summed E-state index contributed by atoms with van der Waals surface area (Å²) in [5, 5.41) is 10.6. The zero-order valence-corrected chi connectivity index (χ0v) is 66.8. The number of phosphoric acid groups is 2. The summed E-state index contributed by atoms with van der Waals surface area (Å²) in [6, 6.07) is 0. The Morgan fingerprint density at radius 1 is 0.264 bits per heavy atom. The standard InChI is InChI=1S/C87H136O17P2/c1-5-9-13-17-21-25-29-33-37-39-40-42-45-48-52-56-60-64-68-72-85(90)98-78-83(104-87(92)74-70-66-62-58-54-50-46-41-38-34-30-26-22-18-14-10-6-2)80-102-106(95,96)100-76-81(88)75-99-105(93,94)101-79-82(103-86(91)73-69-65-61-57-53-49-44-36-32-28-24-20-16-12-8-4)77-97-84(89)71-67-63-59-55-51-47-43-35-31-27-23-19-15-11-7-3/h9-16,21-28,33-38,40,42-44,46,50-51,53,55,57-58,62,81-83,88H,5-8,17-20,29-32,39,41,45,47-49,52,54,56,59-61,63-80H2,1-4H3,(H,93,94)(H,95,96)/b13-9-,14-10-,15-11-,16-12-,25-21-,26-22-,27-23-,28-24-,37-33-,38-34-,42-40-,43-35-,44-36-,50-46-,55-51-,57-53-,62-58-. The van der Waals surface area contributed by atoms with Crippen molar-refractivity contribution in [3.05, 3.63) is 207 Å². The molecule has 0 saturated heterocycles. The Labute approximate surface area is 639 Å². The van der Waals surface area contributed by atoms with Gasteiger partial charge >= 0.3 is 39.5 Å². The van der Waals surface area contributed by atoms with Crippen molar-refractivity contribution in [3.8, 4) is 0 Å². The number of ether oxygens (including phenoxy) is 4. The third-order valence-corrected chi connectivity index (χ3v) is 17.1. The Bertz CT molecular complexity index is 2830. The van der Waals surface area contributed by atoms with Gasteiger partial charge in [0, 0.05) is 25.7 Å². The van der Waals surface area contributed by atoms with Crippen LogP contribution in [-0.2, 0) is 65.4 Å². The van der Waals surface area contributed by atoms with Gasteiger partial charge in [-0.3, -0.25) is 37.3 Å². The summed E-state index contributed by atoms with van der Waals surface area (Å²) in [7, 11) is -10.0. The molecule has 0 aliphatic rings. The van der Waals surface area contributed by atoms with Crippen LogP contribution in [0.3, 0.4) is 0 Å². The van der Waals surface area contributed by atoms with E-state index in [1.54, 1.807) is 0 Å². The van der Waals surface area contributed by atoms with E-state index in [0.29, 0.717) is 38.5 Å². The molecule has 17 nitrogen and oxygen atoms in total. The Kier molecular flexibility index (Phi) is 72.2. The maximum absolute atomic E-state index is 13.1. The van der Waals surface area contributed by atoms with Gasteiger partial charge in [0.2, 0.25) is 0 Å². The van der Waals surface area contributed by atoms with E-state index < -0.39 is 97.5 Å². The second kappa shape index (κ2) is 76.8. The largest absolute Gasteiger partial charge is 0.472 e. The summed E-state index contributed by atoms with van der Waals surface area (Å²) in [6.07, 6.45) is 95.4. The van der Waals surface area contributed by atoms with E-state index in [4.69, 9.17) is 37.0 Å². The molecule has 0 rings (SSSR count). The highest BCUT2D eigenvalue weighted by molar-refractivity contribution is 7.47. The monoisotopic (exact) mass is 1510 g/mol. The molecule has 0 radical (unpaired) electrons. The first-order valence-electron chi connectivity index (χ1n) is 39.3. The fourth-order valence-electron chi connectivity index (χ4n) is 9.40. The van der Waals surface area contributed by atoms with Crippen molar-refractivity contribution in [2.75, 3.05) is 39.6 Å². The van der Waals surface area contributed by atoms with Gasteiger partial charge in [0.25, 0.3) is 0 Å². The van der Waals surface area contributed by atoms with Crippen LogP contribution in [0.15, 0.2) is 207 Å². The first-order chi connectivity index (χ1) is 51.7. The average Bonchev–Trinajstić information content (AvgIpc) is 0.907. The number of hydrogen-bond donors (Lipinski definition) is 3. The van der Waals surface area contributed by atoms with Gasteiger partial charge in [-0.25, -0.2) is 9.13 Å². The first-order valence-corrected chi connectivity index (χ1v) is 42.3. The lowest BCUT2D eigenvalue weighted by atomic mass is 10.1. The number of hydrogen-bond acceptors (Lipinski definition) is 15. The highest BCUT2D eigenvalue weighted by Crippen LogP contribution is 2.45. The molecular weight excluding hydrogens is 1380 g/mol. The molecule has 0 aliphatic heterocycles. The lowest BCUT2D eigenvalue weighted by Crippen LogP contribution is -2.30. The van der Waals surface area contributed by atoms with Gasteiger partial charge in [-0.2, -0.15) is 0 Å². The van der Waals surface area contributed by atoms with E-state index in [-0.39, 0.29) is 25.7 Å². The molecule has 5 atom stereocenters. The van der Waals surface area contributed by atoms with E-state index in [1.165, 1.54) is 0 Å². The smallest absolute Gasteiger partial charge is 0.462 e. The number of esters is 4. The zero-order valence-electron chi connectivity index (χ0n) is 65.0. The van der Waals surface area contributed by atoms with Gasteiger partial charge in [0.15, 0.2) is 12.2 Å².